The fourth-order valence-electron chi connectivity index (χ4n) is 9.20. The third kappa shape index (κ3) is 1.57. The van der Waals surface area contributed by atoms with Gasteiger partial charge in [-0.05, 0) is 61.7 Å². The largest absolute Gasteiger partial charge is 0.348 e. The average molecular weight is 408 g/mol. The second-order valence-corrected chi connectivity index (χ2v) is 12.0. The Labute approximate surface area is 177 Å². The van der Waals surface area contributed by atoms with Gasteiger partial charge in [0.05, 0.1) is 12.1 Å². The predicted molar refractivity (Wildman–Crippen MR) is 116 cm³/mol. The highest BCUT2D eigenvalue weighted by Crippen LogP contribution is 2.70. The van der Waals surface area contributed by atoms with E-state index in [-0.39, 0.29) is 45.7 Å². The van der Waals surface area contributed by atoms with Gasteiger partial charge in [-0.2, -0.15) is 0 Å². The van der Waals surface area contributed by atoms with Crippen LogP contribution in [-0.2, 0) is 0 Å². The summed E-state index contributed by atoms with van der Waals surface area (Å²) in [5.41, 5.74) is 3.32. The highest BCUT2D eigenvalue weighted by Gasteiger charge is 2.65. The van der Waals surface area contributed by atoms with Crippen LogP contribution in [0.3, 0.4) is 0 Å². The maximum atomic E-state index is 13.9. The lowest BCUT2D eigenvalue weighted by molar-refractivity contribution is 0.0188. The zero-order chi connectivity index (χ0) is 20.8. The molecule has 2 saturated carbocycles. The van der Waals surface area contributed by atoms with E-state index in [1.165, 1.54) is 32.1 Å². The molecule has 30 heavy (non-hydrogen) atoms. The monoisotopic (exact) mass is 407 g/mol. The molecule has 2 fully saturated rings. The number of rotatable bonds is 1. The van der Waals surface area contributed by atoms with Crippen LogP contribution in [0.4, 0.5) is 0 Å². The standard InChI is InChI=1S/C25H33N3O2/c1-23(2)14-11-12-24(23,3)19(13-14)26-21(29)27-17-9-10-18(28(27)22(26)30)25(4)16-8-6-5-7-15(16)20(17)25/h9-10,14,17-20H,5-8,11-13H2,1-4H3. The second-order valence-electron chi connectivity index (χ2n) is 12.0. The summed E-state index contributed by atoms with van der Waals surface area (Å²) in [7, 11) is 0. The number of allylic oxidation sites excluding steroid dienone is 4. The summed E-state index contributed by atoms with van der Waals surface area (Å²) < 4.78 is 5.42. The highest BCUT2D eigenvalue weighted by molar-refractivity contribution is 5.47. The lowest BCUT2D eigenvalue weighted by Gasteiger charge is -2.63. The van der Waals surface area contributed by atoms with Crippen LogP contribution < -0.4 is 11.4 Å². The van der Waals surface area contributed by atoms with Crippen molar-refractivity contribution >= 4 is 0 Å². The molecule has 0 amide bonds. The molecule has 0 saturated heterocycles. The first-order chi connectivity index (χ1) is 14.2. The van der Waals surface area contributed by atoms with Gasteiger partial charge in [-0.1, -0.05) is 51.0 Å². The van der Waals surface area contributed by atoms with Gasteiger partial charge in [-0.25, -0.2) is 23.5 Å². The summed E-state index contributed by atoms with van der Waals surface area (Å²) >= 11 is 0. The Morgan fingerprint density at radius 2 is 1.70 bits per heavy atom. The molecule has 7 aliphatic rings. The topological polar surface area (TPSA) is 48.9 Å². The minimum atomic E-state index is -0.0570. The Morgan fingerprint density at radius 3 is 2.40 bits per heavy atom. The first kappa shape index (κ1) is 17.9. The molecular weight excluding hydrogens is 374 g/mol. The number of aromatic nitrogens is 3. The highest BCUT2D eigenvalue weighted by atomic mass is 16.2. The van der Waals surface area contributed by atoms with Gasteiger partial charge in [0, 0.05) is 17.4 Å². The Hall–Kier alpha value is -1.78. The molecule has 0 radical (unpaired) electrons. The first-order valence-corrected chi connectivity index (χ1v) is 12.1. The molecule has 0 spiro atoms. The van der Waals surface area contributed by atoms with Crippen LogP contribution in [-0.4, -0.2) is 13.9 Å². The third-order valence-electron chi connectivity index (χ3n) is 11.3. The van der Waals surface area contributed by atoms with Crippen LogP contribution in [0.15, 0.2) is 32.9 Å². The Balaban J connectivity index is 1.42. The zero-order valence-electron chi connectivity index (χ0n) is 18.6. The molecule has 7 atom stereocenters. The van der Waals surface area contributed by atoms with Gasteiger partial charge in [-0.3, -0.25) is 0 Å². The van der Waals surface area contributed by atoms with Crippen LogP contribution in [0.1, 0.15) is 90.8 Å². The molecule has 5 heteroatoms. The van der Waals surface area contributed by atoms with Crippen molar-refractivity contribution in [1.29, 1.82) is 0 Å². The molecule has 5 nitrogen and oxygen atoms in total. The molecule has 0 aromatic carbocycles. The van der Waals surface area contributed by atoms with E-state index in [2.05, 4.69) is 39.8 Å². The molecule has 7 unspecified atom stereocenters. The van der Waals surface area contributed by atoms with Gasteiger partial charge in [0.2, 0.25) is 0 Å². The van der Waals surface area contributed by atoms with Crippen molar-refractivity contribution in [3.63, 3.8) is 0 Å². The van der Waals surface area contributed by atoms with E-state index in [1.54, 1.807) is 15.7 Å². The minimum Gasteiger partial charge on any atom is -0.246 e. The number of fused-ring (bicyclic) bond motifs is 2. The predicted octanol–water partition coefficient (Wildman–Crippen LogP) is 4.37. The maximum Gasteiger partial charge on any atom is 0.348 e. The lowest BCUT2D eigenvalue weighted by atomic mass is 9.46. The molecule has 2 aliphatic heterocycles. The Bertz CT molecular complexity index is 1180. The van der Waals surface area contributed by atoms with Crippen LogP contribution in [0, 0.1) is 28.1 Å². The fourth-order valence-corrected chi connectivity index (χ4v) is 9.20. The van der Waals surface area contributed by atoms with Gasteiger partial charge in [0.1, 0.15) is 0 Å². The number of nitrogens with zero attached hydrogens (tertiary/aromatic N) is 3. The van der Waals surface area contributed by atoms with E-state index in [0.717, 1.165) is 12.8 Å². The van der Waals surface area contributed by atoms with Gasteiger partial charge >= 0.3 is 11.4 Å². The van der Waals surface area contributed by atoms with Crippen molar-refractivity contribution in [2.24, 2.45) is 28.1 Å². The molecule has 0 N–H and O–H groups in total. The van der Waals surface area contributed by atoms with E-state index < -0.39 is 0 Å². The molecule has 3 heterocycles. The summed E-state index contributed by atoms with van der Waals surface area (Å²) in [6.07, 6.45) is 12.7. The van der Waals surface area contributed by atoms with Gasteiger partial charge < -0.3 is 0 Å². The van der Waals surface area contributed by atoms with E-state index >= 15 is 0 Å². The molecular formula is C25H33N3O2. The molecule has 1 aromatic heterocycles. The van der Waals surface area contributed by atoms with Crippen LogP contribution in [0.2, 0.25) is 0 Å². The van der Waals surface area contributed by atoms with Crippen LogP contribution >= 0.6 is 0 Å². The van der Waals surface area contributed by atoms with Crippen molar-refractivity contribution < 1.29 is 0 Å². The van der Waals surface area contributed by atoms with E-state index in [0.29, 0.717) is 11.8 Å². The molecule has 4 bridgehead atoms. The summed E-state index contributed by atoms with van der Waals surface area (Å²) in [6.45, 7) is 9.40. The molecule has 1 aromatic rings. The fraction of sp³-hybridized carbons (Fsp3) is 0.760. The summed E-state index contributed by atoms with van der Waals surface area (Å²) in [4.78, 5) is 27.7. The van der Waals surface area contributed by atoms with Crippen molar-refractivity contribution in [1.82, 2.24) is 13.9 Å². The van der Waals surface area contributed by atoms with Crippen molar-refractivity contribution in [3.8, 4) is 0 Å². The van der Waals surface area contributed by atoms with Crippen LogP contribution in [0.5, 0.6) is 0 Å². The van der Waals surface area contributed by atoms with E-state index in [4.69, 9.17) is 0 Å². The van der Waals surface area contributed by atoms with Crippen LogP contribution in [0.25, 0.3) is 0 Å². The molecule has 8 rings (SSSR count). The van der Waals surface area contributed by atoms with Gasteiger partial charge in [-0.15, -0.1) is 0 Å². The third-order valence-corrected chi connectivity index (χ3v) is 11.3. The van der Waals surface area contributed by atoms with E-state index in [9.17, 15) is 9.59 Å². The van der Waals surface area contributed by atoms with Gasteiger partial charge in [0.25, 0.3) is 0 Å². The SMILES string of the molecule is CC12C3=C(CCCC3)C1C1C=CC2n2c(=O)n(C3CC4CCC3(C)C4(C)C)c(=O)n21. The van der Waals surface area contributed by atoms with Crippen molar-refractivity contribution in [2.45, 2.75) is 90.8 Å². The summed E-state index contributed by atoms with van der Waals surface area (Å²) in [6, 6.07) is 0.0345. The number of hydrogen-bond acceptors (Lipinski definition) is 2. The van der Waals surface area contributed by atoms with Crippen molar-refractivity contribution in [3.05, 3.63) is 44.3 Å². The molecule has 160 valence electrons. The quantitative estimate of drug-likeness (QED) is 0.649. The molecule has 5 aliphatic carbocycles. The number of hydrogen-bond donors (Lipinski definition) is 0. The first-order valence-electron chi connectivity index (χ1n) is 12.1. The van der Waals surface area contributed by atoms with E-state index in [1.807, 2.05) is 9.36 Å². The maximum absolute atomic E-state index is 13.9. The Kier molecular flexibility index (Phi) is 2.97. The lowest BCUT2D eigenvalue weighted by Crippen LogP contribution is -2.60. The average Bonchev–Trinajstić information content (AvgIpc) is 3.19. The zero-order valence-corrected chi connectivity index (χ0v) is 18.6. The van der Waals surface area contributed by atoms with Gasteiger partial charge in [0.15, 0.2) is 0 Å². The summed E-state index contributed by atoms with van der Waals surface area (Å²) in [5, 5.41) is 0. The summed E-state index contributed by atoms with van der Waals surface area (Å²) in [5.74, 6) is 1.01. The second kappa shape index (κ2) is 4.99. The smallest absolute Gasteiger partial charge is 0.246 e. The minimum absolute atomic E-state index is 0.00907. The van der Waals surface area contributed by atoms with Crippen molar-refractivity contribution in [2.75, 3.05) is 0 Å². The Morgan fingerprint density at radius 1 is 0.967 bits per heavy atom. The normalized spacial score (nSPS) is 46.6.